The van der Waals surface area contributed by atoms with Crippen LogP contribution in [0.15, 0.2) is 34.1 Å². The molecule has 0 aliphatic carbocycles. The van der Waals surface area contributed by atoms with Gasteiger partial charge in [-0.2, -0.15) is 0 Å². The van der Waals surface area contributed by atoms with Gasteiger partial charge in [0.2, 0.25) is 20.0 Å². The Morgan fingerprint density at radius 2 is 1.61 bits per heavy atom. The number of nitrogens with one attached hydrogen (secondary N) is 2. The predicted molar refractivity (Wildman–Crippen MR) is 92.9 cm³/mol. The molecule has 0 spiro atoms. The lowest BCUT2D eigenvalue weighted by molar-refractivity contribution is 0.520. The van der Waals surface area contributed by atoms with Gasteiger partial charge in [-0.05, 0) is 31.2 Å². The topological polar surface area (TPSA) is 95.6 Å². The van der Waals surface area contributed by atoms with Crippen LogP contribution in [0.2, 0.25) is 0 Å². The van der Waals surface area contributed by atoms with E-state index in [1.807, 2.05) is 6.92 Å². The van der Waals surface area contributed by atoms with E-state index in [0.717, 1.165) is 23.3 Å². The second-order valence-electron chi connectivity index (χ2n) is 4.91. The molecule has 0 aromatic heterocycles. The Morgan fingerprint density at radius 3 is 2.17 bits per heavy atom. The summed E-state index contributed by atoms with van der Waals surface area (Å²) >= 11 is 0. The third-order valence-electron chi connectivity index (χ3n) is 2.92. The van der Waals surface area contributed by atoms with Gasteiger partial charge in [0.05, 0.1) is 9.79 Å². The van der Waals surface area contributed by atoms with E-state index in [1.54, 1.807) is 0 Å². The normalized spacial score (nSPS) is 12.2. The van der Waals surface area contributed by atoms with Crippen LogP contribution in [0.25, 0.3) is 0 Å². The molecule has 0 aliphatic heterocycles. The van der Waals surface area contributed by atoms with E-state index in [1.165, 1.54) is 32.3 Å². The first-order valence-corrected chi connectivity index (χ1v) is 9.87. The van der Waals surface area contributed by atoms with E-state index in [2.05, 4.69) is 10.0 Å². The number of benzene rings is 1. The molecule has 0 aliphatic rings. The first-order valence-electron chi connectivity index (χ1n) is 6.95. The lowest BCUT2D eigenvalue weighted by Gasteiger charge is -2.13. The highest BCUT2D eigenvalue weighted by Gasteiger charge is 2.20. The van der Waals surface area contributed by atoms with E-state index in [-0.39, 0.29) is 28.7 Å². The SMILES string of the molecule is CCCNCCNS(=O)(=O)c1cccc(S(=O)(=O)N(C)C)c1.Cl. The zero-order valence-electron chi connectivity index (χ0n) is 13.4. The number of rotatable bonds is 9. The van der Waals surface area contributed by atoms with Gasteiger partial charge in [0.1, 0.15) is 0 Å². The molecule has 7 nitrogen and oxygen atoms in total. The summed E-state index contributed by atoms with van der Waals surface area (Å²) in [6.07, 6.45) is 0.969. The third-order valence-corrected chi connectivity index (χ3v) is 6.18. The van der Waals surface area contributed by atoms with Crippen molar-refractivity contribution in [2.75, 3.05) is 33.7 Å². The number of hydrogen-bond acceptors (Lipinski definition) is 5. The molecule has 10 heteroatoms. The standard InChI is InChI=1S/C13H23N3O4S2.ClH/c1-4-8-14-9-10-15-21(17,18)12-6-5-7-13(11-12)22(19,20)16(2)3;/h5-7,11,14-15H,4,8-10H2,1-3H3;1H. The van der Waals surface area contributed by atoms with Crippen molar-refractivity contribution in [2.45, 2.75) is 23.1 Å². The monoisotopic (exact) mass is 385 g/mol. The van der Waals surface area contributed by atoms with E-state index in [4.69, 9.17) is 0 Å². The number of nitrogens with zero attached hydrogens (tertiary/aromatic N) is 1. The highest BCUT2D eigenvalue weighted by molar-refractivity contribution is 7.90. The van der Waals surface area contributed by atoms with E-state index >= 15 is 0 Å². The number of sulfonamides is 2. The first-order chi connectivity index (χ1) is 10.2. The van der Waals surface area contributed by atoms with Crippen LogP contribution in [0.3, 0.4) is 0 Å². The summed E-state index contributed by atoms with van der Waals surface area (Å²) in [5, 5.41) is 3.08. The van der Waals surface area contributed by atoms with E-state index < -0.39 is 20.0 Å². The lowest BCUT2D eigenvalue weighted by Crippen LogP contribution is -2.32. The zero-order valence-corrected chi connectivity index (χ0v) is 15.9. The lowest BCUT2D eigenvalue weighted by atomic mass is 10.4. The summed E-state index contributed by atoms with van der Waals surface area (Å²) in [5.41, 5.74) is 0. The Balaban J connectivity index is 0.00000484. The van der Waals surface area contributed by atoms with Crippen LogP contribution in [0.4, 0.5) is 0 Å². The van der Waals surface area contributed by atoms with Crippen molar-refractivity contribution < 1.29 is 16.8 Å². The molecule has 0 unspecified atom stereocenters. The molecule has 1 rings (SSSR count). The van der Waals surface area contributed by atoms with Crippen LogP contribution in [-0.4, -0.2) is 54.9 Å². The molecule has 0 saturated carbocycles. The van der Waals surface area contributed by atoms with Crippen molar-refractivity contribution in [3.8, 4) is 0 Å². The molecule has 0 saturated heterocycles. The Morgan fingerprint density at radius 1 is 1.00 bits per heavy atom. The van der Waals surface area contributed by atoms with Crippen LogP contribution in [0.5, 0.6) is 0 Å². The van der Waals surface area contributed by atoms with Gasteiger partial charge in [-0.1, -0.05) is 13.0 Å². The zero-order chi connectivity index (χ0) is 16.8. The Labute approximate surface area is 145 Å². The molecule has 0 bridgehead atoms. The molecular formula is C13H24ClN3O4S2. The molecule has 134 valence electrons. The number of halogens is 1. The van der Waals surface area contributed by atoms with Crippen LogP contribution in [-0.2, 0) is 20.0 Å². The minimum absolute atomic E-state index is 0. The second-order valence-corrected chi connectivity index (χ2v) is 8.83. The van der Waals surface area contributed by atoms with Crippen molar-refractivity contribution in [3.63, 3.8) is 0 Å². The van der Waals surface area contributed by atoms with Gasteiger partial charge in [-0.25, -0.2) is 25.9 Å². The molecule has 0 radical (unpaired) electrons. The highest BCUT2D eigenvalue weighted by atomic mass is 35.5. The molecule has 0 heterocycles. The van der Waals surface area contributed by atoms with E-state index in [0.29, 0.717) is 6.54 Å². The molecule has 23 heavy (non-hydrogen) atoms. The largest absolute Gasteiger partial charge is 0.315 e. The van der Waals surface area contributed by atoms with E-state index in [9.17, 15) is 16.8 Å². The molecular weight excluding hydrogens is 362 g/mol. The summed E-state index contributed by atoms with van der Waals surface area (Å²) in [6, 6.07) is 5.32. The van der Waals surface area contributed by atoms with Gasteiger partial charge < -0.3 is 5.32 Å². The van der Waals surface area contributed by atoms with Gasteiger partial charge in [0.15, 0.2) is 0 Å². The Kier molecular flexibility index (Phi) is 9.26. The summed E-state index contributed by atoms with van der Waals surface area (Å²) in [5.74, 6) is 0. The molecule has 0 fully saturated rings. The van der Waals surface area contributed by atoms with Gasteiger partial charge in [-0.3, -0.25) is 0 Å². The van der Waals surface area contributed by atoms with Gasteiger partial charge in [0.25, 0.3) is 0 Å². The van der Waals surface area contributed by atoms with Crippen LogP contribution >= 0.6 is 12.4 Å². The maximum atomic E-state index is 12.2. The Bertz CT molecular complexity index is 691. The van der Waals surface area contributed by atoms with Crippen molar-refractivity contribution in [1.29, 1.82) is 0 Å². The van der Waals surface area contributed by atoms with Gasteiger partial charge in [0, 0.05) is 27.2 Å². The van der Waals surface area contributed by atoms with Crippen LogP contribution in [0, 0.1) is 0 Å². The molecule has 0 atom stereocenters. The smallest absolute Gasteiger partial charge is 0.242 e. The first kappa shape index (κ1) is 22.3. The highest BCUT2D eigenvalue weighted by Crippen LogP contribution is 2.17. The van der Waals surface area contributed by atoms with Crippen molar-refractivity contribution >= 4 is 32.5 Å². The van der Waals surface area contributed by atoms with Gasteiger partial charge in [-0.15, -0.1) is 12.4 Å². The van der Waals surface area contributed by atoms with Crippen LogP contribution < -0.4 is 10.0 Å². The maximum Gasteiger partial charge on any atom is 0.242 e. The second kappa shape index (κ2) is 9.55. The summed E-state index contributed by atoms with van der Waals surface area (Å²) in [7, 11) is -4.60. The average Bonchev–Trinajstić information content (AvgIpc) is 2.47. The maximum absolute atomic E-state index is 12.2. The summed E-state index contributed by atoms with van der Waals surface area (Å²) < 4.78 is 51.9. The molecule has 2 N–H and O–H groups in total. The predicted octanol–water partition coefficient (Wildman–Crippen LogP) is 0.637. The fourth-order valence-electron chi connectivity index (χ4n) is 1.67. The fourth-order valence-corrected chi connectivity index (χ4v) is 3.77. The summed E-state index contributed by atoms with van der Waals surface area (Å²) in [6.45, 7) is 3.60. The van der Waals surface area contributed by atoms with Crippen molar-refractivity contribution in [3.05, 3.63) is 24.3 Å². The van der Waals surface area contributed by atoms with Crippen LogP contribution in [0.1, 0.15) is 13.3 Å². The minimum Gasteiger partial charge on any atom is -0.315 e. The third kappa shape index (κ3) is 6.36. The molecule has 0 amide bonds. The van der Waals surface area contributed by atoms with Crippen molar-refractivity contribution in [1.82, 2.24) is 14.3 Å². The fraction of sp³-hybridized carbons (Fsp3) is 0.538. The molecule has 1 aromatic rings. The molecule has 1 aromatic carbocycles. The Hall–Kier alpha value is -0.710. The minimum atomic E-state index is -3.73. The quantitative estimate of drug-likeness (QED) is 0.608. The number of hydrogen-bond donors (Lipinski definition) is 2. The average molecular weight is 386 g/mol. The summed E-state index contributed by atoms with van der Waals surface area (Å²) in [4.78, 5) is -0.115. The van der Waals surface area contributed by atoms with Gasteiger partial charge >= 0.3 is 0 Å². The van der Waals surface area contributed by atoms with Crippen molar-refractivity contribution in [2.24, 2.45) is 0 Å².